The summed E-state index contributed by atoms with van der Waals surface area (Å²) in [6, 6.07) is 84.6. The van der Waals surface area contributed by atoms with Crippen LogP contribution in [0, 0.1) is 0 Å². The fourth-order valence-corrected chi connectivity index (χ4v) is 12.4. The number of hydrogen-bond donors (Lipinski definition) is 0. The molecule has 0 unspecified atom stereocenters. The Bertz CT molecular complexity index is 3750. The predicted octanol–water partition coefficient (Wildman–Crippen LogP) is 16.9. The molecule has 304 valence electrons. The van der Waals surface area contributed by atoms with Gasteiger partial charge in [-0.25, -0.2) is 0 Å². The van der Waals surface area contributed by atoms with Gasteiger partial charge >= 0.3 is 0 Å². The summed E-state index contributed by atoms with van der Waals surface area (Å²) in [5.41, 5.74) is 21.2. The first-order valence-corrected chi connectivity index (χ1v) is 22.9. The Hall–Kier alpha value is -8.00. The second-order valence-corrected chi connectivity index (χ2v) is 18.8. The predicted molar refractivity (Wildman–Crippen MR) is 273 cm³/mol. The zero-order chi connectivity index (χ0) is 43.0. The van der Waals surface area contributed by atoms with E-state index in [0.717, 1.165) is 17.1 Å². The Balaban J connectivity index is 1.05. The Morgan fingerprint density at radius 1 is 0.262 bits per heavy atom. The van der Waals surface area contributed by atoms with Gasteiger partial charge in [-0.1, -0.05) is 190 Å². The molecule has 0 saturated carbocycles. The van der Waals surface area contributed by atoms with Crippen LogP contribution >= 0.6 is 0 Å². The van der Waals surface area contributed by atoms with Gasteiger partial charge in [0.25, 0.3) is 0 Å². The standard InChI is InChI=1S/C64H43N/c1-63(2)57-25-13-10-22-49(57)52-34-32-44(37-61(52)63)65(42-30-28-41(29-31-42)40-16-4-3-5-17-40)43-33-35-60-55(36-43)56-38-53-47-20-8-6-18-45(47)46-19-7-9-21-48(46)54(53)39-62(56)64(60)58-26-14-11-23-50(58)51-24-12-15-27-59(51)64/h3-39H,1-2H3. The lowest BCUT2D eigenvalue weighted by molar-refractivity contribution is 0.660. The lowest BCUT2D eigenvalue weighted by atomic mass is 9.70. The Morgan fingerprint density at radius 3 is 1.34 bits per heavy atom. The van der Waals surface area contributed by atoms with E-state index in [1.807, 2.05) is 0 Å². The third-order valence-electron chi connectivity index (χ3n) is 15.3. The Labute approximate surface area is 379 Å². The maximum absolute atomic E-state index is 2.57. The maximum Gasteiger partial charge on any atom is 0.0725 e. The molecule has 14 rings (SSSR count). The van der Waals surface area contributed by atoms with E-state index in [9.17, 15) is 0 Å². The second kappa shape index (κ2) is 13.3. The first-order valence-electron chi connectivity index (χ1n) is 22.9. The van der Waals surface area contributed by atoms with Gasteiger partial charge in [0, 0.05) is 22.5 Å². The number of hydrogen-bond acceptors (Lipinski definition) is 1. The van der Waals surface area contributed by atoms with Gasteiger partial charge in [0.15, 0.2) is 0 Å². The van der Waals surface area contributed by atoms with Crippen LogP contribution in [0.15, 0.2) is 224 Å². The van der Waals surface area contributed by atoms with Crippen molar-refractivity contribution >= 4 is 49.4 Å². The van der Waals surface area contributed by atoms with Crippen molar-refractivity contribution in [3.8, 4) is 44.5 Å². The van der Waals surface area contributed by atoms with E-state index in [4.69, 9.17) is 0 Å². The summed E-state index contributed by atoms with van der Waals surface area (Å²) < 4.78 is 0. The summed E-state index contributed by atoms with van der Waals surface area (Å²) in [5, 5.41) is 7.76. The van der Waals surface area contributed by atoms with Gasteiger partial charge in [-0.15, -0.1) is 0 Å². The van der Waals surface area contributed by atoms with E-state index in [1.54, 1.807) is 0 Å². The fourth-order valence-electron chi connectivity index (χ4n) is 12.4. The summed E-state index contributed by atoms with van der Waals surface area (Å²) in [6.45, 7) is 4.75. The van der Waals surface area contributed by atoms with Crippen LogP contribution in [-0.2, 0) is 10.8 Å². The van der Waals surface area contributed by atoms with Gasteiger partial charge in [-0.2, -0.15) is 0 Å². The molecular formula is C64H43N. The van der Waals surface area contributed by atoms with Crippen molar-refractivity contribution in [2.24, 2.45) is 0 Å². The van der Waals surface area contributed by atoms with Gasteiger partial charge in [-0.05, 0) is 159 Å². The van der Waals surface area contributed by atoms with Crippen molar-refractivity contribution in [2.45, 2.75) is 24.7 Å². The molecule has 1 nitrogen and oxygen atoms in total. The summed E-state index contributed by atoms with van der Waals surface area (Å²) in [4.78, 5) is 2.49. The average Bonchev–Trinajstić information content (AvgIpc) is 3.92. The normalized spacial score (nSPS) is 14.2. The molecule has 0 atom stereocenters. The van der Waals surface area contributed by atoms with Gasteiger partial charge < -0.3 is 4.90 Å². The summed E-state index contributed by atoms with van der Waals surface area (Å²) in [5.74, 6) is 0. The highest BCUT2D eigenvalue weighted by atomic mass is 15.1. The molecule has 1 spiro atoms. The number of rotatable bonds is 4. The van der Waals surface area contributed by atoms with E-state index in [-0.39, 0.29) is 5.41 Å². The van der Waals surface area contributed by atoms with Crippen LogP contribution < -0.4 is 4.90 Å². The van der Waals surface area contributed by atoms with E-state index in [2.05, 4.69) is 243 Å². The molecule has 0 aromatic heterocycles. The highest BCUT2D eigenvalue weighted by Gasteiger charge is 2.52. The summed E-state index contributed by atoms with van der Waals surface area (Å²) in [7, 11) is 0. The molecule has 0 aliphatic heterocycles. The number of fused-ring (bicyclic) bond motifs is 19. The van der Waals surface area contributed by atoms with E-state index in [1.165, 1.54) is 110 Å². The van der Waals surface area contributed by atoms with Gasteiger partial charge in [0.05, 0.1) is 5.41 Å². The first kappa shape index (κ1) is 36.5. The van der Waals surface area contributed by atoms with Gasteiger partial charge in [-0.3, -0.25) is 0 Å². The number of anilines is 3. The van der Waals surface area contributed by atoms with E-state index in [0.29, 0.717) is 0 Å². The van der Waals surface area contributed by atoms with Crippen LogP contribution in [0.3, 0.4) is 0 Å². The molecule has 0 fully saturated rings. The van der Waals surface area contributed by atoms with Crippen LogP contribution in [0.25, 0.3) is 76.8 Å². The van der Waals surface area contributed by atoms with Crippen LogP contribution in [0.1, 0.15) is 47.2 Å². The van der Waals surface area contributed by atoms with Crippen molar-refractivity contribution < 1.29 is 0 Å². The monoisotopic (exact) mass is 825 g/mol. The fraction of sp³-hybridized carbons (Fsp3) is 0.0625. The maximum atomic E-state index is 2.57. The number of nitrogens with zero attached hydrogens (tertiary/aromatic N) is 1. The first-order chi connectivity index (χ1) is 32.0. The molecule has 11 aromatic rings. The highest BCUT2D eigenvalue weighted by Crippen LogP contribution is 2.64. The van der Waals surface area contributed by atoms with Gasteiger partial charge in [0.2, 0.25) is 0 Å². The molecule has 3 aliphatic rings. The van der Waals surface area contributed by atoms with Crippen molar-refractivity contribution in [2.75, 3.05) is 4.90 Å². The Morgan fingerprint density at radius 2 is 0.692 bits per heavy atom. The molecule has 0 bridgehead atoms. The lowest BCUT2D eigenvalue weighted by Gasteiger charge is -2.31. The second-order valence-electron chi connectivity index (χ2n) is 18.8. The van der Waals surface area contributed by atoms with Crippen LogP contribution in [0.5, 0.6) is 0 Å². The third-order valence-corrected chi connectivity index (χ3v) is 15.3. The lowest BCUT2D eigenvalue weighted by Crippen LogP contribution is -2.26. The van der Waals surface area contributed by atoms with E-state index >= 15 is 0 Å². The van der Waals surface area contributed by atoms with Crippen LogP contribution in [-0.4, -0.2) is 0 Å². The minimum Gasteiger partial charge on any atom is -0.310 e. The smallest absolute Gasteiger partial charge is 0.0725 e. The Kier molecular flexibility index (Phi) is 7.45. The van der Waals surface area contributed by atoms with Crippen molar-refractivity contribution in [1.29, 1.82) is 0 Å². The average molecular weight is 826 g/mol. The highest BCUT2D eigenvalue weighted by molar-refractivity contribution is 6.26. The number of benzene rings is 11. The van der Waals surface area contributed by atoms with Crippen LogP contribution in [0.4, 0.5) is 17.1 Å². The zero-order valence-corrected chi connectivity index (χ0v) is 36.3. The SMILES string of the molecule is CC1(C)c2ccccc2-c2ccc(N(c3ccc(-c4ccccc4)cc3)c3ccc4c(c3)-c3cc5c6ccccc6c6ccccc6c5cc3C43c4ccccc4-c4ccccc43)cc21. The van der Waals surface area contributed by atoms with Crippen LogP contribution in [0.2, 0.25) is 0 Å². The molecular weight excluding hydrogens is 783 g/mol. The molecule has 0 N–H and O–H groups in total. The van der Waals surface area contributed by atoms with Crippen molar-refractivity contribution in [3.63, 3.8) is 0 Å². The van der Waals surface area contributed by atoms with Gasteiger partial charge in [0.1, 0.15) is 0 Å². The molecule has 3 aliphatic carbocycles. The third kappa shape index (κ3) is 4.88. The molecule has 1 heteroatoms. The topological polar surface area (TPSA) is 3.24 Å². The molecule has 65 heavy (non-hydrogen) atoms. The molecule has 11 aromatic carbocycles. The molecule has 0 saturated heterocycles. The summed E-state index contributed by atoms with van der Waals surface area (Å²) in [6.07, 6.45) is 0. The molecule has 0 heterocycles. The van der Waals surface area contributed by atoms with Crippen molar-refractivity contribution in [1.82, 2.24) is 0 Å². The largest absolute Gasteiger partial charge is 0.310 e. The minimum absolute atomic E-state index is 0.134. The molecule has 0 amide bonds. The summed E-state index contributed by atoms with van der Waals surface area (Å²) >= 11 is 0. The minimum atomic E-state index is -0.483. The zero-order valence-electron chi connectivity index (χ0n) is 36.3. The van der Waals surface area contributed by atoms with Crippen molar-refractivity contribution in [3.05, 3.63) is 258 Å². The quantitative estimate of drug-likeness (QED) is 0.160. The van der Waals surface area contributed by atoms with E-state index < -0.39 is 5.41 Å². The molecule has 0 radical (unpaired) electrons.